The summed E-state index contributed by atoms with van der Waals surface area (Å²) in [5, 5.41) is 10.3. The SMILES string of the molecule is CCCc1nnc(-c2cccc(OC)c2OC)s1. The fraction of sp³-hybridized carbons (Fsp3) is 0.385. The molecule has 0 radical (unpaired) electrons. The van der Waals surface area contributed by atoms with E-state index in [9.17, 15) is 0 Å². The highest BCUT2D eigenvalue weighted by atomic mass is 32.1. The molecule has 5 heteroatoms. The van der Waals surface area contributed by atoms with Crippen LogP contribution in [0.25, 0.3) is 10.6 Å². The van der Waals surface area contributed by atoms with Crippen LogP contribution in [0.2, 0.25) is 0 Å². The van der Waals surface area contributed by atoms with Gasteiger partial charge in [-0.3, -0.25) is 0 Å². The summed E-state index contributed by atoms with van der Waals surface area (Å²) in [5.41, 5.74) is 0.928. The highest BCUT2D eigenvalue weighted by Crippen LogP contribution is 2.38. The Kier molecular flexibility index (Phi) is 4.15. The monoisotopic (exact) mass is 264 g/mol. The van der Waals surface area contributed by atoms with E-state index in [1.807, 2.05) is 18.2 Å². The fourth-order valence-corrected chi connectivity index (χ4v) is 2.70. The standard InChI is InChI=1S/C13H16N2O2S/c1-4-6-11-14-15-13(18-11)9-7-5-8-10(16-2)12(9)17-3/h5,7-8H,4,6H2,1-3H3. The minimum atomic E-state index is 0.708. The van der Waals surface area contributed by atoms with Gasteiger partial charge in [-0.1, -0.05) is 24.3 Å². The van der Waals surface area contributed by atoms with Crippen molar-refractivity contribution in [1.82, 2.24) is 10.2 Å². The molecule has 0 atom stereocenters. The van der Waals surface area contributed by atoms with E-state index >= 15 is 0 Å². The molecule has 0 bridgehead atoms. The quantitative estimate of drug-likeness (QED) is 0.832. The average Bonchev–Trinajstić information content (AvgIpc) is 2.86. The van der Waals surface area contributed by atoms with E-state index in [-0.39, 0.29) is 0 Å². The zero-order valence-corrected chi connectivity index (χ0v) is 11.6. The highest BCUT2D eigenvalue weighted by Gasteiger charge is 2.15. The summed E-state index contributed by atoms with van der Waals surface area (Å²) in [5.74, 6) is 1.42. The van der Waals surface area contributed by atoms with Crippen LogP contribution >= 0.6 is 11.3 Å². The first-order valence-electron chi connectivity index (χ1n) is 5.83. The minimum Gasteiger partial charge on any atom is -0.493 e. The van der Waals surface area contributed by atoms with Gasteiger partial charge in [-0.25, -0.2) is 0 Å². The molecule has 0 spiro atoms. The van der Waals surface area contributed by atoms with Gasteiger partial charge < -0.3 is 9.47 Å². The number of benzene rings is 1. The number of methoxy groups -OCH3 is 2. The molecular weight excluding hydrogens is 248 g/mol. The largest absolute Gasteiger partial charge is 0.493 e. The molecule has 1 heterocycles. The third-order valence-corrected chi connectivity index (χ3v) is 3.58. The molecule has 2 rings (SSSR count). The summed E-state index contributed by atoms with van der Waals surface area (Å²) < 4.78 is 10.7. The smallest absolute Gasteiger partial charge is 0.171 e. The van der Waals surface area contributed by atoms with E-state index < -0.39 is 0 Å². The molecule has 0 saturated heterocycles. The van der Waals surface area contributed by atoms with E-state index in [0.717, 1.165) is 28.4 Å². The van der Waals surface area contributed by atoms with Crippen LogP contribution in [0.4, 0.5) is 0 Å². The normalized spacial score (nSPS) is 10.4. The molecule has 18 heavy (non-hydrogen) atoms. The predicted octanol–water partition coefficient (Wildman–Crippen LogP) is 3.17. The lowest BCUT2D eigenvalue weighted by atomic mass is 10.2. The molecule has 0 saturated carbocycles. The number of hydrogen-bond donors (Lipinski definition) is 0. The molecule has 2 aromatic rings. The predicted molar refractivity (Wildman–Crippen MR) is 72.4 cm³/mol. The second-order valence-electron chi connectivity index (χ2n) is 3.79. The maximum Gasteiger partial charge on any atom is 0.171 e. The Labute approximate surface area is 111 Å². The molecule has 0 aliphatic carbocycles. The number of aromatic nitrogens is 2. The second kappa shape index (κ2) is 5.82. The Bertz CT molecular complexity index is 525. The van der Waals surface area contributed by atoms with Crippen molar-refractivity contribution >= 4 is 11.3 Å². The minimum absolute atomic E-state index is 0.708. The molecule has 4 nitrogen and oxygen atoms in total. The van der Waals surface area contributed by atoms with Crippen LogP contribution in [0.15, 0.2) is 18.2 Å². The molecule has 1 aromatic heterocycles. The van der Waals surface area contributed by atoms with Gasteiger partial charge in [0.25, 0.3) is 0 Å². The second-order valence-corrected chi connectivity index (χ2v) is 4.85. The van der Waals surface area contributed by atoms with Gasteiger partial charge in [0.15, 0.2) is 16.5 Å². The van der Waals surface area contributed by atoms with Crippen molar-refractivity contribution in [2.24, 2.45) is 0 Å². The summed E-state index contributed by atoms with van der Waals surface area (Å²) in [7, 11) is 3.26. The van der Waals surface area contributed by atoms with Crippen LogP contribution in [0.1, 0.15) is 18.4 Å². The molecule has 0 aliphatic rings. The van der Waals surface area contributed by atoms with Gasteiger partial charge in [0.05, 0.1) is 19.8 Å². The van der Waals surface area contributed by atoms with Crippen molar-refractivity contribution in [3.05, 3.63) is 23.2 Å². The summed E-state index contributed by atoms with van der Waals surface area (Å²) in [6, 6.07) is 5.77. The Morgan fingerprint density at radius 3 is 2.67 bits per heavy atom. The van der Waals surface area contributed by atoms with Crippen LogP contribution in [-0.2, 0) is 6.42 Å². The van der Waals surface area contributed by atoms with Crippen LogP contribution < -0.4 is 9.47 Å². The Hall–Kier alpha value is -1.62. The van der Waals surface area contributed by atoms with Crippen molar-refractivity contribution < 1.29 is 9.47 Å². The third-order valence-electron chi connectivity index (χ3n) is 2.56. The Balaban J connectivity index is 2.42. The van der Waals surface area contributed by atoms with Crippen LogP contribution in [0.3, 0.4) is 0 Å². The van der Waals surface area contributed by atoms with Gasteiger partial charge >= 0.3 is 0 Å². The zero-order valence-electron chi connectivity index (χ0n) is 10.8. The van der Waals surface area contributed by atoms with E-state index in [0.29, 0.717) is 11.5 Å². The lowest BCUT2D eigenvalue weighted by molar-refractivity contribution is 0.356. The van der Waals surface area contributed by atoms with E-state index in [1.54, 1.807) is 25.6 Å². The molecule has 0 fully saturated rings. The van der Waals surface area contributed by atoms with Crippen LogP contribution in [0, 0.1) is 0 Å². The Morgan fingerprint density at radius 1 is 1.17 bits per heavy atom. The fourth-order valence-electron chi connectivity index (χ4n) is 1.73. The van der Waals surface area contributed by atoms with Crippen molar-refractivity contribution in [1.29, 1.82) is 0 Å². The van der Waals surface area contributed by atoms with Crippen LogP contribution in [0.5, 0.6) is 11.5 Å². The maximum absolute atomic E-state index is 5.40. The van der Waals surface area contributed by atoms with E-state index in [2.05, 4.69) is 17.1 Å². The number of ether oxygens (including phenoxy) is 2. The first kappa shape index (κ1) is 12.8. The summed E-state index contributed by atoms with van der Waals surface area (Å²) in [6.45, 7) is 2.13. The highest BCUT2D eigenvalue weighted by molar-refractivity contribution is 7.14. The van der Waals surface area contributed by atoms with Gasteiger partial charge in [0.1, 0.15) is 5.01 Å². The molecule has 0 amide bonds. The molecule has 0 aliphatic heterocycles. The molecule has 0 N–H and O–H groups in total. The first-order chi connectivity index (χ1) is 8.80. The molecular formula is C13H16N2O2S. The van der Waals surface area contributed by atoms with Gasteiger partial charge in [-0.2, -0.15) is 0 Å². The summed E-state index contributed by atoms with van der Waals surface area (Å²) >= 11 is 1.60. The number of nitrogens with zero attached hydrogens (tertiary/aromatic N) is 2. The number of aryl methyl sites for hydroxylation is 1. The van der Waals surface area contributed by atoms with Crippen molar-refractivity contribution in [3.8, 4) is 22.1 Å². The molecule has 96 valence electrons. The third kappa shape index (κ3) is 2.46. The zero-order chi connectivity index (χ0) is 13.0. The Morgan fingerprint density at radius 2 is 2.00 bits per heavy atom. The number of para-hydroxylation sites is 1. The first-order valence-corrected chi connectivity index (χ1v) is 6.65. The van der Waals surface area contributed by atoms with Crippen molar-refractivity contribution in [3.63, 3.8) is 0 Å². The van der Waals surface area contributed by atoms with Gasteiger partial charge in [-0.15, -0.1) is 10.2 Å². The van der Waals surface area contributed by atoms with Crippen molar-refractivity contribution in [2.75, 3.05) is 14.2 Å². The lowest BCUT2D eigenvalue weighted by Gasteiger charge is -2.10. The van der Waals surface area contributed by atoms with E-state index in [1.165, 1.54) is 0 Å². The summed E-state index contributed by atoms with van der Waals surface area (Å²) in [4.78, 5) is 0. The van der Waals surface area contributed by atoms with Crippen molar-refractivity contribution in [2.45, 2.75) is 19.8 Å². The maximum atomic E-state index is 5.40. The van der Waals surface area contributed by atoms with Crippen LogP contribution in [-0.4, -0.2) is 24.4 Å². The van der Waals surface area contributed by atoms with E-state index in [4.69, 9.17) is 9.47 Å². The van der Waals surface area contributed by atoms with Gasteiger partial charge in [0, 0.05) is 6.42 Å². The molecule has 1 aromatic carbocycles. The van der Waals surface area contributed by atoms with Gasteiger partial charge in [-0.05, 0) is 18.6 Å². The van der Waals surface area contributed by atoms with Gasteiger partial charge in [0.2, 0.25) is 0 Å². The lowest BCUT2D eigenvalue weighted by Crippen LogP contribution is -1.92. The number of rotatable bonds is 5. The topological polar surface area (TPSA) is 44.2 Å². The molecule has 0 unspecified atom stereocenters. The summed E-state index contributed by atoms with van der Waals surface area (Å²) in [6.07, 6.45) is 2.04. The average molecular weight is 264 g/mol. The number of hydrogen-bond acceptors (Lipinski definition) is 5.